The lowest BCUT2D eigenvalue weighted by Crippen LogP contribution is -2.69. The van der Waals surface area contributed by atoms with Crippen LogP contribution in [0.2, 0.25) is 0 Å². The molecule has 0 radical (unpaired) electrons. The van der Waals surface area contributed by atoms with Crippen molar-refractivity contribution in [3.8, 4) is 0 Å². The van der Waals surface area contributed by atoms with Crippen molar-refractivity contribution in [1.82, 2.24) is 0 Å². The Balaban J connectivity index is 1.74. The number of hydrogen-bond acceptors (Lipinski definition) is 10. The number of hydrogen-bond donors (Lipinski definition) is 4. The number of Topliss-reactive ketones (excluding diaryl/α,β-unsaturated/α-hetero) is 1. The van der Waals surface area contributed by atoms with Gasteiger partial charge in [0.05, 0.1) is 24.2 Å². The molecule has 10 heteroatoms. The van der Waals surface area contributed by atoms with E-state index in [0.717, 1.165) is 0 Å². The molecule has 0 aromatic rings. The second-order valence-electron chi connectivity index (χ2n) is 12.7. The highest BCUT2D eigenvalue weighted by atomic mass is 16.6. The van der Waals surface area contributed by atoms with Crippen LogP contribution in [-0.4, -0.2) is 85.5 Å². The van der Waals surface area contributed by atoms with Crippen molar-refractivity contribution in [1.29, 1.82) is 0 Å². The Morgan fingerprint density at radius 1 is 1.21 bits per heavy atom. The quantitative estimate of drug-likeness (QED) is 0.280. The van der Waals surface area contributed by atoms with Gasteiger partial charge in [-0.05, 0) is 18.9 Å². The number of ether oxygens (including phenoxy) is 3. The zero-order chi connectivity index (χ0) is 28.4. The van der Waals surface area contributed by atoms with Crippen molar-refractivity contribution in [3.63, 3.8) is 0 Å². The van der Waals surface area contributed by atoms with Gasteiger partial charge in [-0.15, -0.1) is 0 Å². The van der Waals surface area contributed by atoms with Gasteiger partial charge < -0.3 is 34.6 Å². The first kappa shape index (κ1) is 27.7. The molecule has 0 aromatic heterocycles. The van der Waals surface area contributed by atoms with Crippen LogP contribution in [-0.2, 0) is 28.6 Å². The van der Waals surface area contributed by atoms with E-state index in [0.29, 0.717) is 6.42 Å². The molecule has 1 aliphatic heterocycles. The minimum atomic E-state index is -2.47. The lowest BCUT2D eigenvalue weighted by atomic mass is 9.58. The Morgan fingerprint density at radius 2 is 1.84 bits per heavy atom. The summed E-state index contributed by atoms with van der Waals surface area (Å²) >= 11 is 0. The van der Waals surface area contributed by atoms with E-state index in [1.807, 2.05) is 20.8 Å². The van der Waals surface area contributed by atoms with E-state index in [9.17, 15) is 34.8 Å². The summed E-state index contributed by atoms with van der Waals surface area (Å²) in [4.78, 5) is 39.3. The maximum atomic E-state index is 13.3. The summed E-state index contributed by atoms with van der Waals surface area (Å²) in [7, 11) is 0. The minimum Gasteiger partial charge on any atom is -0.458 e. The summed E-state index contributed by atoms with van der Waals surface area (Å²) in [5.74, 6) is -5.91. The number of ketones is 1. The second kappa shape index (κ2) is 8.10. The molecular weight excluding hydrogens is 496 g/mol. The number of carbonyl (C=O) groups excluding carboxylic acids is 3. The van der Waals surface area contributed by atoms with Crippen molar-refractivity contribution < 1.29 is 49.0 Å². The highest BCUT2D eigenvalue weighted by molar-refractivity contribution is 6.05. The van der Waals surface area contributed by atoms with Crippen LogP contribution in [0.1, 0.15) is 61.3 Å². The van der Waals surface area contributed by atoms with Gasteiger partial charge >= 0.3 is 11.9 Å². The van der Waals surface area contributed by atoms with E-state index in [1.165, 1.54) is 13.0 Å². The number of aliphatic hydroxyl groups is 4. The Labute approximate surface area is 222 Å². The van der Waals surface area contributed by atoms with E-state index in [1.54, 1.807) is 20.8 Å². The first-order valence-electron chi connectivity index (χ1n) is 13.7. The summed E-state index contributed by atoms with van der Waals surface area (Å²) in [6.07, 6.45) is -1.81. The lowest BCUT2D eigenvalue weighted by molar-refractivity contribution is -0.245. The molecule has 1 heterocycles. The van der Waals surface area contributed by atoms with Gasteiger partial charge in [0.25, 0.3) is 0 Å². The Kier molecular flexibility index (Phi) is 5.90. The number of fused-ring (bicyclic) bond motifs is 7. The van der Waals surface area contributed by atoms with Crippen LogP contribution in [0, 0.1) is 35.0 Å². The third-order valence-electron chi connectivity index (χ3n) is 10.8. The van der Waals surface area contributed by atoms with Gasteiger partial charge in [-0.2, -0.15) is 0 Å². The topological polar surface area (TPSA) is 163 Å². The molecule has 12 unspecified atom stereocenters. The third-order valence-corrected chi connectivity index (χ3v) is 10.8. The maximum absolute atomic E-state index is 13.3. The molecular formula is C28H40O10. The first-order valence-corrected chi connectivity index (χ1v) is 13.7. The zero-order valence-corrected chi connectivity index (χ0v) is 23.1. The van der Waals surface area contributed by atoms with Crippen molar-refractivity contribution >= 4 is 17.7 Å². The molecule has 4 aliphatic carbocycles. The molecule has 38 heavy (non-hydrogen) atoms. The predicted molar refractivity (Wildman–Crippen MR) is 131 cm³/mol. The molecule has 0 amide bonds. The molecule has 12 atom stereocenters. The van der Waals surface area contributed by atoms with Crippen LogP contribution in [0.4, 0.5) is 0 Å². The largest absolute Gasteiger partial charge is 0.458 e. The van der Waals surface area contributed by atoms with Gasteiger partial charge in [0.15, 0.2) is 17.0 Å². The van der Waals surface area contributed by atoms with Gasteiger partial charge in [-0.25, -0.2) is 0 Å². The van der Waals surface area contributed by atoms with E-state index >= 15 is 0 Å². The van der Waals surface area contributed by atoms with Crippen LogP contribution in [0.25, 0.3) is 0 Å². The molecule has 212 valence electrons. The SMILES string of the molecule is CCC(=O)OC1C(C)C2(O)C(C3OC3(CO)C(O)C3(O)C(=O)C(C)=CC32)C2C(C)(C)C12OC(=O)C(C)CC. The summed E-state index contributed by atoms with van der Waals surface area (Å²) in [6.45, 7) is 11.4. The average Bonchev–Trinajstić information content (AvgIpc) is 3.71. The lowest BCUT2D eigenvalue weighted by Gasteiger charge is -2.53. The van der Waals surface area contributed by atoms with Gasteiger partial charge in [-0.1, -0.05) is 47.6 Å². The number of aliphatic hydroxyl groups excluding tert-OH is 2. The molecule has 0 spiro atoms. The number of esters is 2. The molecule has 4 fully saturated rings. The van der Waals surface area contributed by atoms with Gasteiger partial charge in [0, 0.05) is 35.5 Å². The van der Waals surface area contributed by atoms with Crippen molar-refractivity contribution in [2.45, 2.75) is 102 Å². The third kappa shape index (κ3) is 2.88. The van der Waals surface area contributed by atoms with E-state index in [4.69, 9.17) is 14.2 Å². The fourth-order valence-corrected chi connectivity index (χ4v) is 8.33. The number of carbonyl (C=O) groups is 3. The monoisotopic (exact) mass is 536 g/mol. The summed E-state index contributed by atoms with van der Waals surface area (Å²) < 4.78 is 18.2. The van der Waals surface area contributed by atoms with Gasteiger partial charge in [0.2, 0.25) is 0 Å². The fourth-order valence-electron chi connectivity index (χ4n) is 8.33. The van der Waals surface area contributed by atoms with E-state index in [-0.39, 0.29) is 12.0 Å². The normalized spacial score (nSPS) is 50.3. The van der Waals surface area contributed by atoms with Gasteiger partial charge in [0.1, 0.15) is 17.8 Å². The maximum Gasteiger partial charge on any atom is 0.309 e. The molecule has 3 saturated carbocycles. The van der Waals surface area contributed by atoms with Crippen LogP contribution in [0.15, 0.2) is 11.6 Å². The molecule has 5 aliphatic rings. The average molecular weight is 537 g/mol. The van der Waals surface area contributed by atoms with Crippen molar-refractivity contribution in [2.75, 3.05) is 6.61 Å². The smallest absolute Gasteiger partial charge is 0.309 e. The molecule has 0 bridgehead atoms. The molecule has 4 N–H and O–H groups in total. The van der Waals surface area contributed by atoms with Crippen LogP contribution >= 0.6 is 0 Å². The van der Waals surface area contributed by atoms with Crippen molar-refractivity contribution in [3.05, 3.63) is 11.6 Å². The van der Waals surface area contributed by atoms with Crippen LogP contribution < -0.4 is 0 Å². The number of epoxide rings is 1. The Bertz CT molecular complexity index is 1110. The summed E-state index contributed by atoms with van der Waals surface area (Å²) in [6, 6.07) is 0. The zero-order valence-electron chi connectivity index (χ0n) is 23.1. The van der Waals surface area contributed by atoms with Crippen molar-refractivity contribution in [2.24, 2.45) is 35.0 Å². The summed E-state index contributed by atoms with van der Waals surface area (Å²) in [5, 5.41) is 46.5. The Hall–Kier alpha value is -1.85. The molecule has 5 rings (SSSR count). The minimum absolute atomic E-state index is 0.0501. The Morgan fingerprint density at radius 3 is 2.39 bits per heavy atom. The second-order valence-corrected chi connectivity index (χ2v) is 12.7. The predicted octanol–water partition coefficient (Wildman–Crippen LogP) is 0.670. The highest BCUT2D eigenvalue weighted by Gasteiger charge is 2.93. The van der Waals surface area contributed by atoms with Crippen LogP contribution in [0.3, 0.4) is 0 Å². The fraction of sp³-hybridized carbons (Fsp3) is 0.821. The molecule has 1 saturated heterocycles. The van der Waals surface area contributed by atoms with E-state index in [2.05, 4.69) is 0 Å². The summed E-state index contributed by atoms with van der Waals surface area (Å²) in [5.41, 5.74) is -8.05. The molecule has 10 nitrogen and oxygen atoms in total. The molecule has 0 aromatic carbocycles. The first-order chi connectivity index (χ1) is 17.6. The van der Waals surface area contributed by atoms with Gasteiger partial charge in [-0.3, -0.25) is 14.4 Å². The van der Waals surface area contributed by atoms with E-state index < -0.39 is 100 Å². The van der Waals surface area contributed by atoms with Crippen LogP contribution in [0.5, 0.6) is 0 Å². The standard InChI is InChI=1S/C28H40O10/c1-8-12(3)22(32)38-28-18(24(28,6)7)17-21-25(11-29,37-21)23(33)27(35)15(10-13(4)19(27)31)26(17,34)14(5)20(28)36-16(30)9-2/h10,12,14-15,17-18,20-21,23,29,33-35H,8-9,11H2,1-7H3. The number of rotatable bonds is 6. The highest BCUT2D eigenvalue weighted by Crippen LogP contribution is 2.79.